The molecule has 0 bridgehead atoms. The van der Waals surface area contributed by atoms with E-state index in [1.807, 2.05) is 0 Å². The number of carbonyl (C=O) groups excluding carboxylic acids is 1. The number of benzene rings is 2. The van der Waals surface area contributed by atoms with Crippen molar-refractivity contribution in [3.8, 4) is 5.75 Å². The summed E-state index contributed by atoms with van der Waals surface area (Å²) in [5, 5.41) is 9.39. The van der Waals surface area contributed by atoms with E-state index in [1.165, 1.54) is 13.2 Å². The van der Waals surface area contributed by atoms with E-state index in [2.05, 4.69) is 4.72 Å². The number of carbonyl (C=O) groups is 1. The van der Waals surface area contributed by atoms with E-state index in [9.17, 15) is 22.7 Å². The summed E-state index contributed by atoms with van der Waals surface area (Å²) < 4.78 is 52.0. The van der Waals surface area contributed by atoms with Crippen molar-refractivity contribution in [2.24, 2.45) is 5.92 Å². The Morgan fingerprint density at radius 2 is 2.14 bits per heavy atom. The maximum Gasteiger partial charge on any atom is 0.343 e. The van der Waals surface area contributed by atoms with Crippen LogP contribution in [-0.2, 0) is 21.4 Å². The second-order valence-corrected chi connectivity index (χ2v) is 8.48. The zero-order valence-electron chi connectivity index (χ0n) is 14.9. The molecule has 1 aliphatic carbocycles. The molecule has 28 heavy (non-hydrogen) atoms. The lowest BCUT2D eigenvalue weighted by Crippen LogP contribution is -2.20. The average Bonchev–Trinajstić information content (AvgIpc) is 3.46. The Morgan fingerprint density at radius 1 is 1.36 bits per heavy atom. The number of rotatable bonds is 5. The van der Waals surface area contributed by atoms with Gasteiger partial charge in [-0.25, -0.2) is 17.6 Å². The van der Waals surface area contributed by atoms with Crippen molar-refractivity contribution in [2.45, 2.75) is 23.8 Å². The van der Waals surface area contributed by atoms with Crippen LogP contribution in [0.2, 0.25) is 0 Å². The maximum absolute atomic E-state index is 13.4. The highest BCUT2D eigenvalue weighted by molar-refractivity contribution is 7.92. The van der Waals surface area contributed by atoms with Gasteiger partial charge < -0.3 is 14.6 Å². The van der Waals surface area contributed by atoms with Crippen LogP contribution in [0.5, 0.6) is 5.75 Å². The minimum atomic E-state index is -4.21. The molecule has 7 nitrogen and oxygen atoms in total. The highest BCUT2D eigenvalue weighted by atomic mass is 32.2. The standard InChI is InChI=1S/C19H18FNO6S/c1-26-19(23)17-15(4-3-13-14-7-11(14)9-27-18(13)17)21-28(24,25)16-5-2-12(20)6-10(16)8-22/h2-6,11,14,21-22H,7-9H2,1H3/t11-,14?/m0/s1. The number of fused-ring (bicyclic) bond motifs is 3. The molecular formula is C19H18FNO6S. The monoisotopic (exact) mass is 407 g/mol. The average molecular weight is 407 g/mol. The quantitative estimate of drug-likeness (QED) is 0.738. The van der Waals surface area contributed by atoms with Crippen molar-refractivity contribution in [1.29, 1.82) is 0 Å². The van der Waals surface area contributed by atoms with Crippen LogP contribution in [0.25, 0.3) is 0 Å². The van der Waals surface area contributed by atoms with Gasteiger partial charge in [-0.15, -0.1) is 0 Å². The lowest BCUT2D eigenvalue weighted by atomic mass is 10.0. The van der Waals surface area contributed by atoms with Gasteiger partial charge in [0.05, 0.1) is 30.9 Å². The molecule has 4 rings (SSSR count). The van der Waals surface area contributed by atoms with Gasteiger partial charge in [-0.3, -0.25) is 4.72 Å². The Bertz CT molecular complexity index is 1070. The zero-order chi connectivity index (χ0) is 20.1. The second-order valence-electron chi connectivity index (χ2n) is 6.83. The molecule has 0 radical (unpaired) electrons. The number of halogens is 1. The van der Waals surface area contributed by atoms with Crippen molar-refractivity contribution < 1.29 is 32.2 Å². The number of aliphatic hydroxyl groups is 1. The molecule has 0 spiro atoms. The Labute approximate surface area is 161 Å². The van der Waals surface area contributed by atoms with Gasteiger partial charge in [-0.05, 0) is 42.2 Å². The number of aliphatic hydroxyl groups excluding tert-OH is 1. The summed E-state index contributed by atoms with van der Waals surface area (Å²) in [5.74, 6) is -0.343. The Hall–Kier alpha value is -2.65. The molecule has 1 fully saturated rings. The van der Waals surface area contributed by atoms with Crippen LogP contribution in [0.3, 0.4) is 0 Å². The fraction of sp³-hybridized carbons (Fsp3) is 0.316. The number of methoxy groups -OCH3 is 1. The van der Waals surface area contributed by atoms with E-state index >= 15 is 0 Å². The zero-order valence-corrected chi connectivity index (χ0v) is 15.8. The molecule has 2 aromatic carbocycles. The van der Waals surface area contributed by atoms with Crippen LogP contribution in [-0.4, -0.2) is 33.2 Å². The Morgan fingerprint density at radius 3 is 2.86 bits per heavy atom. The SMILES string of the molecule is COC(=O)c1c(NS(=O)(=O)c2ccc(F)cc2CO)ccc2c1OC[C@@H]1CC21. The van der Waals surface area contributed by atoms with Crippen molar-refractivity contribution in [1.82, 2.24) is 0 Å². The molecule has 9 heteroatoms. The fourth-order valence-electron chi connectivity index (χ4n) is 3.57. The summed E-state index contributed by atoms with van der Waals surface area (Å²) in [4.78, 5) is 12.1. The lowest BCUT2D eigenvalue weighted by Gasteiger charge is -2.22. The molecule has 2 aliphatic rings. The van der Waals surface area contributed by atoms with Gasteiger partial charge in [-0.1, -0.05) is 6.07 Å². The Kier molecular flexibility index (Phi) is 4.51. The van der Waals surface area contributed by atoms with E-state index < -0.39 is 28.4 Å². The third-order valence-corrected chi connectivity index (χ3v) is 6.53. The molecule has 2 atom stereocenters. The highest BCUT2D eigenvalue weighted by Crippen LogP contribution is 2.55. The lowest BCUT2D eigenvalue weighted by molar-refractivity contribution is 0.0596. The van der Waals surface area contributed by atoms with Gasteiger partial charge >= 0.3 is 5.97 Å². The highest BCUT2D eigenvalue weighted by Gasteiger charge is 2.45. The van der Waals surface area contributed by atoms with Crippen LogP contribution < -0.4 is 9.46 Å². The van der Waals surface area contributed by atoms with Crippen LogP contribution in [0.1, 0.15) is 33.8 Å². The number of hydrogen-bond acceptors (Lipinski definition) is 6. The molecule has 2 N–H and O–H groups in total. The van der Waals surface area contributed by atoms with Crippen LogP contribution in [0, 0.1) is 11.7 Å². The fourth-order valence-corrected chi connectivity index (χ4v) is 4.86. The summed E-state index contributed by atoms with van der Waals surface area (Å²) >= 11 is 0. The molecule has 148 valence electrons. The summed E-state index contributed by atoms with van der Waals surface area (Å²) in [6.45, 7) is -0.196. The first-order valence-corrected chi connectivity index (χ1v) is 10.1. The molecule has 1 unspecified atom stereocenters. The van der Waals surface area contributed by atoms with Gasteiger partial charge in [0.1, 0.15) is 17.1 Å². The van der Waals surface area contributed by atoms with E-state index in [0.29, 0.717) is 24.2 Å². The number of nitrogens with one attached hydrogen (secondary N) is 1. The van der Waals surface area contributed by atoms with Crippen molar-refractivity contribution >= 4 is 21.7 Å². The number of ether oxygens (including phenoxy) is 2. The number of hydrogen-bond donors (Lipinski definition) is 2. The van der Waals surface area contributed by atoms with Gasteiger partial charge in [0, 0.05) is 11.5 Å². The predicted octanol–water partition coefficient (Wildman–Crippen LogP) is 2.40. The first-order chi connectivity index (χ1) is 13.4. The Balaban J connectivity index is 1.78. The van der Waals surface area contributed by atoms with Gasteiger partial charge in [0.2, 0.25) is 0 Å². The first kappa shape index (κ1) is 18.7. The molecule has 1 heterocycles. The van der Waals surface area contributed by atoms with E-state index in [1.54, 1.807) is 6.07 Å². The molecule has 2 aromatic rings. The summed E-state index contributed by atoms with van der Waals surface area (Å²) in [6, 6.07) is 6.22. The molecular weight excluding hydrogens is 389 g/mol. The first-order valence-electron chi connectivity index (χ1n) is 8.66. The minimum absolute atomic E-state index is 0.00147. The number of anilines is 1. The van der Waals surface area contributed by atoms with Crippen molar-refractivity contribution in [3.63, 3.8) is 0 Å². The van der Waals surface area contributed by atoms with E-state index in [-0.39, 0.29) is 21.7 Å². The molecule has 0 aromatic heterocycles. The predicted molar refractivity (Wildman–Crippen MR) is 97.3 cm³/mol. The molecule has 1 aliphatic heterocycles. The molecule has 0 saturated heterocycles. The van der Waals surface area contributed by atoms with Gasteiger partial charge in [-0.2, -0.15) is 0 Å². The van der Waals surface area contributed by atoms with Crippen molar-refractivity contribution in [2.75, 3.05) is 18.4 Å². The second kappa shape index (κ2) is 6.75. The third kappa shape index (κ3) is 3.10. The largest absolute Gasteiger partial charge is 0.492 e. The van der Waals surface area contributed by atoms with E-state index in [4.69, 9.17) is 9.47 Å². The summed E-state index contributed by atoms with van der Waals surface area (Å²) in [5.41, 5.74) is 0.763. The normalized spacial score (nSPS) is 19.8. The number of esters is 1. The van der Waals surface area contributed by atoms with Crippen LogP contribution in [0.4, 0.5) is 10.1 Å². The minimum Gasteiger partial charge on any atom is -0.492 e. The van der Waals surface area contributed by atoms with Crippen molar-refractivity contribution in [3.05, 3.63) is 52.8 Å². The molecule has 0 amide bonds. The molecule has 1 saturated carbocycles. The van der Waals surface area contributed by atoms with Gasteiger partial charge in [0.15, 0.2) is 0 Å². The van der Waals surface area contributed by atoms with E-state index in [0.717, 1.165) is 30.2 Å². The summed E-state index contributed by atoms with van der Waals surface area (Å²) in [7, 11) is -3.01. The smallest absolute Gasteiger partial charge is 0.343 e. The van der Waals surface area contributed by atoms with Crippen LogP contribution in [0.15, 0.2) is 35.2 Å². The summed E-state index contributed by atoms with van der Waals surface area (Å²) in [6.07, 6.45) is 0.966. The van der Waals surface area contributed by atoms with Gasteiger partial charge in [0.25, 0.3) is 10.0 Å². The number of sulfonamides is 1. The van der Waals surface area contributed by atoms with Crippen LogP contribution >= 0.6 is 0 Å². The maximum atomic E-state index is 13.4. The third-order valence-electron chi connectivity index (χ3n) is 5.07. The topological polar surface area (TPSA) is 102 Å².